The number of hydrogen-bond acceptors (Lipinski definition) is 8. The van der Waals surface area contributed by atoms with E-state index in [9.17, 15) is 9.90 Å². The highest BCUT2D eigenvalue weighted by Crippen LogP contribution is 2.40. The maximum atomic E-state index is 11.2. The summed E-state index contributed by atoms with van der Waals surface area (Å²) in [5.74, 6) is -0.686. The van der Waals surface area contributed by atoms with Gasteiger partial charge in [0.15, 0.2) is 5.01 Å². The fourth-order valence-electron chi connectivity index (χ4n) is 4.32. The van der Waals surface area contributed by atoms with Crippen molar-refractivity contribution in [3.05, 3.63) is 47.2 Å². The summed E-state index contributed by atoms with van der Waals surface area (Å²) in [4.78, 5) is 15.9. The van der Waals surface area contributed by atoms with Crippen LogP contribution < -0.4 is 5.32 Å². The zero-order valence-corrected chi connectivity index (χ0v) is 19.9. The number of carboxylic acid groups (broad SMARTS) is 1. The molecule has 4 heterocycles. The molecule has 0 atom stereocenters. The number of nitrogens with one attached hydrogen (secondary N) is 1. The summed E-state index contributed by atoms with van der Waals surface area (Å²) in [5, 5.41) is 36.5. The van der Waals surface area contributed by atoms with Crippen molar-refractivity contribution in [3.63, 3.8) is 0 Å². The first-order chi connectivity index (χ1) is 16.1. The predicted molar refractivity (Wildman–Crippen MR) is 131 cm³/mol. The van der Waals surface area contributed by atoms with Crippen molar-refractivity contribution in [3.8, 4) is 28.0 Å². The lowest BCUT2D eigenvalue weighted by atomic mass is 9.82. The highest BCUT2D eigenvalue weighted by molar-refractivity contribution is 7.14. The summed E-state index contributed by atoms with van der Waals surface area (Å²) in [6.07, 6.45) is 6.34. The molecule has 4 aromatic heterocycles. The van der Waals surface area contributed by atoms with E-state index in [-0.39, 0.29) is 24.2 Å². The number of rotatable bonds is 5. The molecule has 0 aliphatic heterocycles. The van der Waals surface area contributed by atoms with E-state index >= 15 is 0 Å². The lowest BCUT2D eigenvalue weighted by Crippen LogP contribution is -2.20. The van der Waals surface area contributed by atoms with Gasteiger partial charge in [-0.05, 0) is 49.9 Å². The molecule has 0 bridgehead atoms. The first-order valence-electron chi connectivity index (χ1n) is 10.7. The van der Waals surface area contributed by atoms with E-state index in [0.717, 1.165) is 51.0 Å². The number of halogens is 1. The average Bonchev–Trinajstić information content (AvgIpc) is 3.51. The second-order valence-corrected chi connectivity index (χ2v) is 9.12. The number of pyridine rings is 1. The van der Waals surface area contributed by atoms with Crippen molar-refractivity contribution in [1.82, 2.24) is 24.8 Å². The summed E-state index contributed by atoms with van der Waals surface area (Å²) in [6, 6.07) is 9.69. The standard InChI is InChI=1S/C23H21N7O2S.ClH/c1-25-18-9-19(20-7-6-16-8-13(10-24)11-27-30(16)20)26-12-17(18)22-29-28-21(33-22)14-2-4-15(5-3-14)23(31)32;/h6-9,11-12,14-15H,2-5H2,1H3,(H,25,26)(H,31,32);1H. The van der Waals surface area contributed by atoms with Gasteiger partial charge in [-0.15, -0.1) is 22.6 Å². The van der Waals surface area contributed by atoms with Crippen LogP contribution in [-0.4, -0.2) is 42.9 Å². The van der Waals surface area contributed by atoms with Gasteiger partial charge in [0.1, 0.15) is 11.1 Å². The molecule has 0 aromatic carbocycles. The van der Waals surface area contributed by atoms with Crippen molar-refractivity contribution in [1.29, 1.82) is 5.26 Å². The highest BCUT2D eigenvalue weighted by atomic mass is 35.5. The normalized spacial score (nSPS) is 17.6. The van der Waals surface area contributed by atoms with Crippen molar-refractivity contribution in [2.24, 2.45) is 5.92 Å². The molecule has 0 unspecified atom stereocenters. The topological polar surface area (TPSA) is 129 Å². The van der Waals surface area contributed by atoms with Crippen molar-refractivity contribution in [2.75, 3.05) is 12.4 Å². The maximum absolute atomic E-state index is 11.2. The molecule has 4 aromatic rings. The number of carboxylic acids is 1. The molecule has 0 amide bonds. The molecule has 5 rings (SSSR count). The Bertz CT molecular complexity index is 1390. The minimum absolute atomic E-state index is 0. The number of nitriles is 1. The molecular weight excluding hydrogens is 474 g/mol. The van der Waals surface area contributed by atoms with E-state index < -0.39 is 5.97 Å². The lowest BCUT2D eigenvalue weighted by Gasteiger charge is -2.23. The summed E-state index contributed by atoms with van der Waals surface area (Å²) in [6.45, 7) is 0. The van der Waals surface area contributed by atoms with Gasteiger partial charge in [0.25, 0.3) is 0 Å². The number of nitrogens with zero attached hydrogens (tertiary/aromatic N) is 6. The first kappa shape index (κ1) is 23.6. The van der Waals surface area contributed by atoms with Gasteiger partial charge in [0, 0.05) is 24.8 Å². The zero-order chi connectivity index (χ0) is 22.9. The van der Waals surface area contributed by atoms with Gasteiger partial charge in [-0.2, -0.15) is 10.4 Å². The molecule has 0 spiro atoms. The second-order valence-electron chi connectivity index (χ2n) is 8.11. The fourth-order valence-corrected chi connectivity index (χ4v) is 5.36. The molecule has 1 aliphatic rings. The minimum Gasteiger partial charge on any atom is -0.481 e. The van der Waals surface area contributed by atoms with Crippen LogP contribution in [0.2, 0.25) is 0 Å². The van der Waals surface area contributed by atoms with Crippen LogP contribution in [0.3, 0.4) is 0 Å². The van der Waals surface area contributed by atoms with Gasteiger partial charge >= 0.3 is 5.97 Å². The molecule has 0 radical (unpaired) electrons. The molecule has 2 N–H and O–H groups in total. The Kier molecular flexibility index (Phi) is 6.77. The molecule has 1 aliphatic carbocycles. The molecule has 9 nitrogen and oxygen atoms in total. The van der Waals surface area contributed by atoms with Gasteiger partial charge in [0.05, 0.1) is 40.1 Å². The number of anilines is 1. The minimum atomic E-state index is -0.701. The molecule has 174 valence electrons. The Morgan fingerprint density at radius 2 is 2.00 bits per heavy atom. The van der Waals surface area contributed by atoms with Crippen LogP contribution in [0, 0.1) is 17.2 Å². The van der Waals surface area contributed by atoms with Gasteiger partial charge in [-0.25, -0.2) is 4.52 Å². The molecule has 1 fully saturated rings. The SMILES string of the molecule is CNc1cc(-c2ccc3cc(C#N)cnn23)ncc1-c1nnc(C2CCC(C(=O)O)CC2)s1.Cl. The first-order valence-corrected chi connectivity index (χ1v) is 11.5. The lowest BCUT2D eigenvalue weighted by molar-refractivity contribution is -0.142. The largest absolute Gasteiger partial charge is 0.481 e. The zero-order valence-electron chi connectivity index (χ0n) is 18.3. The van der Waals surface area contributed by atoms with Crippen LogP contribution in [0.1, 0.15) is 42.2 Å². The van der Waals surface area contributed by atoms with Gasteiger partial charge in [0.2, 0.25) is 0 Å². The number of carbonyl (C=O) groups is 1. The Labute approximate surface area is 205 Å². The van der Waals surface area contributed by atoms with E-state index in [1.807, 2.05) is 25.2 Å². The summed E-state index contributed by atoms with van der Waals surface area (Å²) >= 11 is 1.54. The molecule has 1 saturated carbocycles. The number of hydrogen-bond donors (Lipinski definition) is 2. The van der Waals surface area contributed by atoms with Crippen LogP contribution in [0.5, 0.6) is 0 Å². The van der Waals surface area contributed by atoms with Gasteiger partial charge < -0.3 is 10.4 Å². The van der Waals surface area contributed by atoms with E-state index in [4.69, 9.17) is 5.26 Å². The number of fused-ring (bicyclic) bond motifs is 1. The Balaban J connectivity index is 0.00000274. The Morgan fingerprint density at radius 1 is 1.21 bits per heavy atom. The van der Waals surface area contributed by atoms with E-state index in [2.05, 4.69) is 31.7 Å². The maximum Gasteiger partial charge on any atom is 0.306 e. The fraction of sp³-hybridized carbons (Fsp3) is 0.304. The predicted octanol–water partition coefficient (Wildman–Crippen LogP) is 4.61. The van der Waals surface area contributed by atoms with Crippen LogP contribution in [0.4, 0.5) is 5.69 Å². The Hall–Kier alpha value is -3.55. The van der Waals surface area contributed by atoms with E-state index in [1.165, 1.54) is 6.20 Å². The van der Waals surface area contributed by atoms with Crippen molar-refractivity contribution in [2.45, 2.75) is 31.6 Å². The van der Waals surface area contributed by atoms with Crippen LogP contribution in [0.25, 0.3) is 27.5 Å². The van der Waals surface area contributed by atoms with Gasteiger partial charge in [-0.3, -0.25) is 9.78 Å². The molecule has 0 saturated heterocycles. The third-order valence-corrected chi connectivity index (χ3v) is 7.28. The van der Waals surface area contributed by atoms with E-state index in [1.54, 1.807) is 28.1 Å². The van der Waals surface area contributed by atoms with Gasteiger partial charge in [-0.1, -0.05) is 11.3 Å². The van der Waals surface area contributed by atoms with Crippen LogP contribution >= 0.6 is 23.7 Å². The molecular formula is C23H22ClN7O2S. The van der Waals surface area contributed by atoms with Crippen LogP contribution in [-0.2, 0) is 4.79 Å². The quantitative estimate of drug-likeness (QED) is 0.410. The second kappa shape index (κ2) is 9.75. The highest BCUT2D eigenvalue weighted by Gasteiger charge is 2.29. The molecule has 34 heavy (non-hydrogen) atoms. The third-order valence-electron chi connectivity index (χ3n) is 6.16. The smallest absolute Gasteiger partial charge is 0.306 e. The van der Waals surface area contributed by atoms with E-state index in [0.29, 0.717) is 18.4 Å². The van der Waals surface area contributed by atoms with Crippen LogP contribution in [0.15, 0.2) is 36.7 Å². The summed E-state index contributed by atoms with van der Waals surface area (Å²) in [7, 11) is 1.85. The number of aliphatic carboxylic acids is 1. The summed E-state index contributed by atoms with van der Waals surface area (Å²) in [5.41, 5.74) is 4.65. The molecule has 11 heteroatoms. The summed E-state index contributed by atoms with van der Waals surface area (Å²) < 4.78 is 1.76. The average molecular weight is 496 g/mol. The monoisotopic (exact) mass is 495 g/mol. The third kappa shape index (κ3) is 4.32. The van der Waals surface area contributed by atoms with Crippen molar-refractivity contribution >= 4 is 40.9 Å². The Morgan fingerprint density at radius 3 is 2.71 bits per heavy atom. The van der Waals surface area contributed by atoms with Crippen molar-refractivity contribution < 1.29 is 9.90 Å². The number of aromatic nitrogens is 5.